The van der Waals surface area contributed by atoms with Crippen LogP contribution in [0.4, 0.5) is 5.69 Å². The first-order valence-electron chi connectivity index (χ1n) is 12.1. The molecular weight excluding hydrogens is 568 g/mol. The summed E-state index contributed by atoms with van der Waals surface area (Å²) in [5.74, 6) is 0.715. The number of amidine groups is 1. The molecule has 1 aliphatic rings. The van der Waals surface area contributed by atoms with E-state index in [1.807, 2.05) is 55.5 Å². The topological polar surface area (TPSA) is 77.4 Å². The minimum absolute atomic E-state index is 0.148. The predicted octanol–water partition coefficient (Wildman–Crippen LogP) is 6.84. The van der Waals surface area contributed by atoms with E-state index in [9.17, 15) is 9.59 Å². The molecule has 0 spiro atoms. The predicted molar refractivity (Wildman–Crippen MR) is 154 cm³/mol. The van der Waals surface area contributed by atoms with Crippen molar-refractivity contribution in [2.24, 2.45) is 4.99 Å². The summed E-state index contributed by atoms with van der Waals surface area (Å²) in [5, 5.41) is 0.546. The Bertz CT molecular complexity index is 1370. The second-order valence-electron chi connectivity index (χ2n) is 8.19. The first kappa shape index (κ1) is 27.5. The van der Waals surface area contributed by atoms with Gasteiger partial charge >= 0.3 is 5.97 Å². The van der Waals surface area contributed by atoms with Gasteiger partial charge in [-0.3, -0.25) is 9.69 Å². The third-order valence-electron chi connectivity index (χ3n) is 5.48. The maximum absolute atomic E-state index is 12.9. The summed E-state index contributed by atoms with van der Waals surface area (Å²) < 4.78 is 17.9. The van der Waals surface area contributed by atoms with Gasteiger partial charge in [0.15, 0.2) is 16.7 Å². The molecule has 4 rings (SSSR count). The van der Waals surface area contributed by atoms with Gasteiger partial charge in [-0.25, -0.2) is 9.79 Å². The van der Waals surface area contributed by atoms with E-state index >= 15 is 0 Å². The number of esters is 1. The van der Waals surface area contributed by atoms with Crippen molar-refractivity contribution in [2.75, 3.05) is 20.3 Å². The van der Waals surface area contributed by atoms with Gasteiger partial charge < -0.3 is 14.2 Å². The van der Waals surface area contributed by atoms with Crippen LogP contribution in [0.15, 0.2) is 81.1 Å². The molecule has 3 aromatic carbocycles. The second-order valence-corrected chi connectivity index (χ2v) is 10.1. The van der Waals surface area contributed by atoms with E-state index in [-0.39, 0.29) is 11.9 Å². The lowest BCUT2D eigenvalue weighted by molar-refractivity contribution is -0.121. The molecule has 1 amide bonds. The maximum Gasteiger partial charge on any atom is 0.338 e. The smallest absolute Gasteiger partial charge is 0.338 e. The molecule has 0 N–H and O–H groups in total. The molecular formula is C29H27BrN2O5S. The van der Waals surface area contributed by atoms with Crippen LogP contribution < -0.4 is 9.47 Å². The van der Waals surface area contributed by atoms with Crippen molar-refractivity contribution in [3.05, 3.63) is 92.8 Å². The van der Waals surface area contributed by atoms with Crippen LogP contribution in [0, 0.1) is 0 Å². The average molecular weight is 596 g/mol. The molecule has 38 heavy (non-hydrogen) atoms. The zero-order valence-corrected chi connectivity index (χ0v) is 23.7. The average Bonchev–Trinajstić information content (AvgIpc) is 3.17. The van der Waals surface area contributed by atoms with Crippen molar-refractivity contribution in [1.82, 2.24) is 4.90 Å². The van der Waals surface area contributed by atoms with Gasteiger partial charge in [0.25, 0.3) is 5.91 Å². The second kappa shape index (κ2) is 12.8. The molecule has 196 valence electrons. The lowest BCUT2D eigenvalue weighted by Gasteiger charge is -2.13. The van der Waals surface area contributed by atoms with Crippen molar-refractivity contribution >= 4 is 56.5 Å². The fourth-order valence-electron chi connectivity index (χ4n) is 3.54. The molecule has 7 nitrogen and oxygen atoms in total. The number of halogens is 1. The largest absolute Gasteiger partial charge is 0.490 e. The Balaban J connectivity index is 1.50. The van der Waals surface area contributed by atoms with Crippen molar-refractivity contribution in [1.29, 1.82) is 0 Å². The minimum Gasteiger partial charge on any atom is -0.490 e. The molecule has 3 aromatic rings. The van der Waals surface area contributed by atoms with Crippen molar-refractivity contribution in [3.63, 3.8) is 0 Å². The Hall–Kier alpha value is -3.56. The fraction of sp³-hybridized carbons (Fsp3) is 0.207. The van der Waals surface area contributed by atoms with E-state index in [1.54, 1.807) is 38.2 Å². The molecule has 0 bridgehead atoms. The Morgan fingerprint density at radius 3 is 2.39 bits per heavy atom. The molecule has 1 fully saturated rings. The highest BCUT2D eigenvalue weighted by atomic mass is 79.9. The Morgan fingerprint density at radius 2 is 1.71 bits per heavy atom. The van der Waals surface area contributed by atoms with E-state index in [4.69, 9.17) is 14.2 Å². The number of thioether (sulfide) groups is 1. The molecule has 1 saturated heterocycles. The zero-order valence-electron chi connectivity index (χ0n) is 21.3. The highest BCUT2D eigenvalue weighted by molar-refractivity contribution is 9.10. The molecule has 0 aromatic heterocycles. The van der Waals surface area contributed by atoms with E-state index in [0.29, 0.717) is 52.6 Å². The van der Waals surface area contributed by atoms with Gasteiger partial charge in [0.2, 0.25) is 0 Å². The van der Waals surface area contributed by atoms with Crippen molar-refractivity contribution in [3.8, 4) is 11.5 Å². The number of rotatable bonds is 9. The molecule has 0 saturated carbocycles. The maximum atomic E-state index is 12.9. The van der Waals surface area contributed by atoms with Crippen LogP contribution in [-0.2, 0) is 16.1 Å². The summed E-state index contributed by atoms with van der Waals surface area (Å²) in [6, 6.07) is 20.3. The van der Waals surface area contributed by atoms with Gasteiger partial charge in [-0.05, 0) is 91.3 Å². The zero-order chi connectivity index (χ0) is 27.1. The highest BCUT2D eigenvalue weighted by Gasteiger charge is 2.30. The van der Waals surface area contributed by atoms with E-state index in [2.05, 4.69) is 20.9 Å². The molecule has 0 atom stereocenters. The normalized spacial score (nSPS) is 15.3. The van der Waals surface area contributed by atoms with Crippen LogP contribution >= 0.6 is 27.7 Å². The molecule has 9 heteroatoms. The van der Waals surface area contributed by atoms with Crippen molar-refractivity contribution < 1.29 is 23.8 Å². The van der Waals surface area contributed by atoms with Crippen LogP contribution in [0.25, 0.3) is 6.08 Å². The van der Waals surface area contributed by atoms with Crippen LogP contribution in [-0.4, -0.2) is 42.2 Å². The molecule has 0 aliphatic carbocycles. The van der Waals surface area contributed by atoms with Crippen molar-refractivity contribution in [2.45, 2.75) is 20.5 Å². The number of aliphatic imine (C=N–C) groups is 1. The fourth-order valence-corrected chi connectivity index (χ4v) is 4.79. The Morgan fingerprint density at radius 1 is 0.974 bits per heavy atom. The Kier molecular flexibility index (Phi) is 9.25. The number of hydrogen-bond acceptors (Lipinski definition) is 7. The van der Waals surface area contributed by atoms with Gasteiger partial charge in [-0.1, -0.05) is 34.1 Å². The summed E-state index contributed by atoms with van der Waals surface area (Å²) in [7, 11) is 1.69. The van der Waals surface area contributed by atoms with Crippen LogP contribution in [0.2, 0.25) is 0 Å². The minimum atomic E-state index is -0.379. The van der Waals surface area contributed by atoms with E-state index < -0.39 is 0 Å². The number of carbonyl (C=O) groups excluding carboxylic acids is 2. The number of carbonyl (C=O) groups is 2. The molecule has 0 unspecified atom stereocenters. The number of nitrogens with zero attached hydrogens (tertiary/aromatic N) is 2. The number of ether oxygens (including phenoxy) is 3. The lowest BCUT2D eigenvalue weighted by Crippen LogP contribution is -2.23. The third-order valence-corrected chi connectivity index (χ3v) is 7.07. The van der Waals surface area contributed by atoms with Gasteiger partial charge in [0.1, 0.15) is 6.61 Å². The Labute approximate surface area is 234 Å². The summed E-state index contributed by atoms with van der Waals surface area (Å²) in [6.45, 7) is 4.88. The summed E-state index contributed by atoms with van der Waals surface area (Å²) in [4.78, 5) is 31.4. The highest BCUT2D eigenvalue weighted by Crippen LogP contribution is 2.35. The quantitative estimate of drug-likeness (QED) is 0.199. The summed E-state index contributed by atoms with van der Waals surface area (Å²) >= 11 is 4.73. The molecule has 1 aliphatic heterocycles. The first-order valence-corrected chi connectivity index (χ1v) is 13.7. The lowest BCUT2D eigenvalue weighted by atomic mass is 10.1. The summed E-state index contributed by atoms with van der Waals surface area (Å²) in [5.41, 5.74) is 2.94. The SMILES string of the molecule is CCOC(=O)c1ccc(N=C2S/C(=C\c3ccc(OCc4ccc(Br)cc4)c(OCC)c3)C(=O)N2C)cc1. The number of amides is 1. The van der Waals surface area contributed by atoms with E-state index in [0.717, 1.165) is 15.6 Å². The van der Waals surface area contributed by atoms with Gasteiger partial charge in [0.05, 0.1) is 29.4 Å². The van der Waals surface area contributed by atoms with Crippen LogP contribution in [0.3, 0.4) is 0 Å². The van der Waals surface area contributed by atoms with Crippen LogP contribution in [0.5, 0.6) is 11.5 Å². The third kappa shape index (κ3) is 6.85. The van der Waals surface area contributed by atoms with Gasteiger partial charge in [-0.2, -0.15) is 0 Å². The first-order chi connectivity index (χ1) is 18.4. The van der Waals surface area contributed by atoms with Gasteiger partial charge in [-0.15, -0.1) is 0 Å². The standard InChI is InChI=1S/C29H27BrN2O5S/c1-4-35-25-16-20(8-15-24(25)37-18-19-6-11-22(30)12-7-19)17-26-27(33)32(3)29(38-26)31-23-13-9-21(10-14-23)28(34)36-5-2/h6-17H,4-5,18H2,1-3H3/b26-17-,31-29?. The number of hydrogen-bond donors (Lipinski definition) is 0. The molecule has 1 heterocycles. The van der Waals surface area contributed by atoms with Gasteiger partial charge in [0, 0.05) is 11.5 Å². The van der Waals surface area contributed by atoms with Crippen LogP contribution in [0.1, 0.15) is 35.3 Å². The number of benzene rings is 3. The number of likely N-dealkylation sites (N-methyl/N-ethyl adjacent to an activating group) is 1. The monoisotopic (exact) mass is 594 g/mol. The summed E-state index contributed by atoms with van der Waals surface area (Å²) in [6.07, 6.45) is 1.82. The van der Waals surface area contributed by atoms with E-state index in [1.165, 1.54) is 16.7 Å². The molecule has 0 radical (unpaired) electrons.